The third kappa shape index (κ3) is 6.48. The van der Waals surface area contributed by atoms with Crippen LogP contribution in [0.25, 0.3) is 11.3 Å². The summed E-state index contributed by atoms with van der Waals surface area (Å²) in [4.78, 5) is 16.4. The maximum absolute atomic E-state index is 12.1. The molecule has 1 heterocycles. The molecule has 5 heteroatoms. The van der Waals surface area contributed by atoms with Crippen LogP contribution in [0.3, 0.4) is 0 Å². The number of carbonyl (C=O) groups is 1. The zero-order valence-corrected chi connectivity index (χ0v) is 18.0. The number of nitrogens with zero attached hydrogens (tertiary/aromatic N) is 1. The van der Waals surface area contributed by atoms with Crippen LogP contribution in [-0.2, 0) is 24.1 Å². The average Bonchev–Trinajstić information content (AvgIpc) is 3.22. The molecular weight excluding hydrogens is 376 g/mol. The zero-order chi connectivity index (χ0) is 21.3. The Morgan fingerprint density at radius 1 is 1.03 bits per heavy atom. The number of carbonyl (C=O) groups excluding carboxylic acids is 1. The van der Waals surface area contributed by atoms with Crippen molar-refractivity contribution in [3.63, 3.8) is 0 Å². The van der Waals surface area contributed by atoms with Gasteiger partial charge < -0.3 is 14.5 Å². The Balaban J connectivity index is 1.42. The summed E-state index contributed by atoms with van der Waals surface area (Å²) in [5.74, 6) is 2.79. The second-order valence-electron chi connectivity index (χ2n) is 7.86. The molecule has 1 amide bonds. The van der Waals surface area contributed by atoms with Gasteiger partial charge in [-0.3, -0.25) is 4.79 Å². The van der Waals surface area contributed by atoms with Crippen molar-refractivity contribution in [2.45, 2.75) is 39.5 Å². The molecule has 3 rings (SSSR count). The van der Waals surface area contributed by atoms with Crippen molar-refractivity contribution >= 4 is 5.91 Å². The number of hydrogen-bond donors (Lipinski definition) is 1. The van der Waals surface area contributed by atoms with Gasteiger partial charge in [0.1, 0.15) is 5.75 Å². The molecule has 3 aromatic rings. The number of amides is 1. The largest absolute Gasteiger partial charge is 0.497 e. The number of hydrogen-bond acceptors (Lipinski definition) is 4. The van der Waals surface area contributed by atoms with Crippen molar-refractivity contribution < 1.29 is 13.9 Å². The van der Waals surface area contributed by atoms with E-state index < -0.39 is 0 Å². The molecule has 1 aromatic heterocycles. The molecule has 0 saturated carbocycles. The van der Waals surface area contributed by atoms with Gasteiger partial charge in [0, 0.05) is 24.9 Å². The number of rotatable bonds is 10. The van der Waals surface area contributed by atoms with Crippen molar-refractivity contribution in [3.05, 3.63) is 71.7 Å². The Labute approximate surface area is 178 Å². The molecule has 158 valence electrons. The Morgan fingerprint density at radius 2 is 1.73 bits per heavy atom. The predicted molar refractivity (Wildman–Crippen MR) is 119 cm³/mol. The van der Waals surface area contributed by atoms with Crippen LogP contribution in [0.2, 0.25) is 0 Å². The van der Waals surface area contributed by atoms with Crippen molar-refractivity contribution in [3.8, 4) is 17.1 Å². The second-order valence-corrected chi connectivity index (χ2v) is 7.86. The van der Waals surface area contributed by atoms with Crippen molar-refractivity contribution in [2.75, 3.05) is 13.7 Å². The molecule has 5 nitrogen and oxygen atoms in total. The first kappa shape index (κ1) is 21.6. The minimum Gasteiger partial charge on any atom is -0.497 e. The van der Waals surface area contributed by atoms with Crippen LogP contribution in [0.15, 0.2) is 59.1 Å². The van der Waals surface area contributed by atoms with E-state index in [0.29, 0.717) is 31.2 Å². The number of ether oxygens (including phenoxy) is 1. The SMILES string of the molecule is COc1ccc(CCNC(=O)CCc2ncc(-c3ccc(CC(C)C)cc3)o2)cc1. The molecule has 0 aliphatic rings. The number of methoxy groups -OCH3 is 1. The van der Waals surface area contributed by atoms with Crippen LogP contribution in [0.4, 0.5) is 0 Å². The van der Waals surface area contributed by atoms with Crippen LogP contribution < -0.4 is 10.1 Å². The highest BCUT2D eigenvalue weighted by atomic mass is 16.5. The molecule has 0 spiro atoms. The van der Waals surface area contributed by atoms with Crippen LogP contribution in [0, 0.1) is 5.92 Å². The monoisotopic (exact) mass is 406 g/mol. The van der Waals surface area contributed by atoms with E-state index in [4.69, 9.17) is 9.15 Å². The Bertz CT molecular complexity index is 928. The van der Waals surface area contributed by atoms with E-state index >= 15 is 0 Å². The Hall–Kier alpha value is -3.08. The molecule has 0 radical (unpaired) electrons. The maximum atomic E-state index is 12.1. The van der Waals surface area contributed by atoms with E-state index in [-0.39, 0.29) is 5.91 Å². The smallest absolute Gasteiger partial charge is 0.220 e. The summed E-state index contributed by atoms with van der Waals surface area (Å²) in [7, 11) is 1.65. The summed E-state index contributed by atoms with van der Waals surface area (Å²) in [5, 5.41) is 2.95. The van der Waals surface area contributed by atoms with E-state index in [1.165, 1.54) is 5.56 Å². The first-order chi connectivity index (χ1) is 14.5. The number of benzene rings is 2. The van der Waals surface area contributed by atoms with Gasteiger partial charge >= 0.3 is 0 Å². The van der Waals surface area contributed by atoms with Crippen molar-refractivity contribution in [1.29, 1.82) is 0 Å². The third-order valence-electron chi connectivity index (χ3n) is 4.90. The number of aromatic nitrogens is 1. The zero-order valence-electron chi connectivity index (χ0n) is 18.0. The van der Waals surface area contributed by atoms with Gasteiger partial charge in [-0.1, -0.05) is 50.2 Å². The van der Waals surface area contributed by atoms with Gasteiger partial charge in [-0.2, -0.15) is 0 Å². The summed E-state index contributed by atoms with van der Waals surface area (Å²) in [6.45, 7) is 5.03. The van der Waals surface area contributed by atoms with Crippen LogP contribution in [-0.4, -0.2) is 24.5 Å². The van der Waals surface area contributed by atoms with Gasteiger partial charge in [-0.15, -0.1) is 0 Å². The molecular formula is C25H30N2O3. The standard InChI is InChI=1S/C25H30N2O3/c1-18(2)16-20-4-8-21(9-5-20)23-17-27-25(30-23)13-12-24(28)26-15-14-19-6-10-22(29-3)11-7-19/h4-11,17-18H,12-16H2,1-3H3,(H,26,28). The van der Waals surface area contributed by atoms with Crippen molar-refractivity contribution in [1.82, 2.24) is 10.3 Å². The highest BCUT2D eigenvalue weighted by Gasteiger charge is 2.09. The molecule has 0 fully saturated rings. The molecule has 1 N–H and O–H groups in total. The van der Waals surface area contributed by atoms with E-state index in [0.717, 1.165) is 35.5 Å². The Kier molecular flexibility index (Phi) is 7.66. The molecule has 0 atom stereocenters. The summed E-state index contributed by atoms with van der Waals surface area (Å²) < 4.78 is 11.0. The highest BCUT2D eigenvalue weighted by Crippen LogP contribution is 2.22. The van der Waals surface area contributed by atoms with Gasteiger partial charge in [0.05, 0.1) is 13.3 Å². The Morgan fingerprint density at radius 3 is 2.40 bits per heavy atom. The lowest BCUT2D eigenvalue weighted by Crippen LogP contribution is -2.25. The molecule has 2 aromatic carbocycles. The van der Waals surface area contributed by atoms with Gasteiger partial charge in [-0.25, -0.2) is 4.98 Å². The minimum absolute atomic E-state index is 0.00120. The van der Waals surface area contributed by atoms with E-state index in [1.807, 2.05) is 24.3 Å². The number of nitrogens with one attached hydrogen (secondary N) is 1. The van der Waals surface area contributed by atoms with Gasteiger partial charge in [0.15, 0.2) is 11.7 Å². The highest BCUT2D eigenvalue weighted by molar-refractivity contribution is 5.76. The average molecular weight is 407 g/mol. The van der Waals surface area contributed by atoms with Crippen molar-refractivity contribution in [2.24, 2.45) is 5.92 Å². The molecule has 0 unspecified atom stereocenters. The maximum Gasteiger partial charge on any atom is 0.220 e. The number of aryl methyl sites for hydroxylation is 1. The molecule has 0 aliphatic carbocycles. The molecule has 0 aliphatic heterocycles. The van der Waals surface area contributed by atoms with E-state index in [2.05, 4.69) is 48.4 Å². The summed E-state index contributed by atoms with van der Waals surface area (Å²) in [6.07, 6.45) is 4.42. The fraction of sp³-hybridized carbons (Fsp3) is 0.360. The van der Waals surface area contributed by atoms with Gasteiger partial charge in [0.25, 0.3) is 0 Å². The topological polar surface area (TPSA) is 64.4 Å². The van der Waals surface area contributed by atoms with Crippen LogP contribution >= 0.6 is 0 Å². The fourth-order valence-electron chi connectivity index (χ4n) is 3.28. The normalized spacial score (nSPS) is 10.9. The first-order valence-electron chi connectivity index (χ1n) is 10.5. The molecule has 30 heavy (non-hydrogen) atoms. The first-order valence-corrected chi connectivity index (χ1v) is 10.5. The van der Waals surface area contributed by atoms with E-state index in [1.54, 1.807) is 13.3 Å². The van der Waals surface area contributed by atoms with Crippen LogP contribution in [0.5, 0.6) is 5.75 Å². The van der Waals surface area contributed by atoms with Gasteiger partial charge in [-0.05, 0) is 42.0 Å². The lowest BCUT2D eigenvalue weighted by atomic mass is 10.0. The van der Waals surface area contributed by atoms with Crippen LogP contribution in [0.1, 0.15) is 37.3 Å². The molecule has 0 bridgehead atoms. The second kappa shape index (κ2) is 10.6. The quantitative estimate of drug-likeness (QED) is 0.523. The minimum atomic E-state index is 0.00120. The lowest BCUT2D eigenvalue weighted by molar-refractivity contribution is -0.121. The predicted octanol–water partition coefficient (Wildman–Crippen LogP) is 4.84. The summed E-state index contributed by atoms with van der Waals surface area (Å²) in [5.41, 5.74) is 3.48. The summed E-state index contributed by atoms with van der Waals surface area (Å²) in [6, 6.07) is 16.3. The number of oxazole rings is 1. The lowest BCUT2D eigenvalue weighted by Gasteiger charge is -2.06. The van der Waals surface area contributed by atoms with Gasteiger partial charge in [0.2, 0.25) is 5.91 Å². The third-order valence-corrected chi connectivity index (χ3v) is 4.90. The van der Waals surface area contributed by atoms with E-state index in [9.17, 15) is 4.79 Å². The molecule has 0 saturated heterocycles. The summed E-state index contributed by atoms with van der Waals surface area (Å²) >= 11 is 0. The fourth-order valence-corrected chi connectivity index (χ4v) is 3.28.